The summed E-state index contributed by atoms with van der Waals surface area (Å²) in [5, 5.41) is 15.8. The van der Waals surface area contributed by atoms with Crippen molar-refractivity contribution in [2.45, 2.75) is 32.8 Å². The number of aliphatic carboxylic acids is 1. The van der Waals surface area contributed by atoms with Crippen LogP contribution in [-0.2, 0) is 4.79 Å². The first-order valence-electron chi connectivity index (χ1n) is 5.50. The van der Waals surface area contributed by atoms with Crippen LogP contribution in [0.3, 0.4) is 0 Å². The zero-order chi connectivity index (χ0) is 12.6. The zero-order valence-electron chi connectivity index (χ0n) is 13.0. The normalized spacial score (nSPS) is 14.8. The summed E-state index contributed by atoms with van der Waals surface area (Å²) in [6.45, 7) is 5.70. The van der Waals surface area contributed by atoms with E-state index >= 15 is 0 Å². The summed E-state index contributed by atoms with van der Waals surface area (Å²) < 4.78 is 0. The first-order valence-corrected chi connectivity index (χ1v) is 5.50. The maximum atomic E-state index is 9.45. The minimum absolute atomic E-state index is 0. The molecule has 0 aromatic rings. The summed E-state index contributed by atoms with van der Waals surface area (Å²) in [5.74, 6) is -1.19. The van der Waals surface area contributed by atoms with Crippen LogP contribution < -0.4 is 0 Å². The van der Waals surface area contributed by atoms with Gasteiger partial charge in [0.2, 0.25) is 0 Å². The Hall–Kier alpha value is -0.464. The van der Waals surface area contributed by atoms with Gasteiger partial charge in [-0.15, -0.1) is 0 Å². The third-order valence-corrected chi connectivity index (χ3v) is 2.09. The Morgan fingerprint density at radius 2 is 2.06 bits per heavy atom. The average Bonchev–Trinajstić information content (AvgIpc) is 2.62. The molecule has 0 fully saturated rings. The average molecular weight is 257 g/mol. The van der Waals surface area contributed by atoms with Crippen molar-refractivity contribution in [3.8, 4) is 0 Å². The molecule has 98 valence electrons. The summed E-state index contributed by atoms with van der Waals surface area (Å²) in [7, 11) is 2.10. The first kappa shape index (κ1) is 18.9. The maximum Gasteiger partial charge on any atom is 2.00 e. The quantitative estimate of drug-likeness (QED) is 0.727. The van der Waals surface area contributed by atoms with Gasteiger partial charge in [-0.25, -0.2) is 4.79 Å². The maximum absolute atomic E-state index is 9.45. The Bertz CT molecular complexity index is 244. The Morgan fingerprint density at radius 3 is 2.35 bits per heavy atom. The SMILES string of the molecule is CC(O)C(=O)O.CCCCN1C=CN(C)C1.[H-].[H-].[Mg+2]. The number of rotatable bonds is 4. The molecular weight excluding hydrogens is 232 g/mol. The van der Waals surface area contributed by atoms with Crippen molar-refractivity contribution in [1.29, 1.82) is 0 Å². The molecular formula is C11H24MgN2O3. The number of aliphatic hydroxyl groups excluding tert-OH is 1. The van der Waals surface area contributed by atoms with E-state index in [1.807, 2.05) is 0 Å². The molecule has 0 aliphatic carbocycles. The number of aliphatic hydroxyl groups is 1. The third kappa shape index (κ3) is 10.4. The molecule has 1 atom stereocenters. The van der Waals surface area contributed by atoms with Crippen LogP contribution in [0, 0.1) is 0 Å². The van der Waals surface area contributed by atoms with E-state index in [1.54, 1.807) is 0 Å². The fourth-order valence-corrected chi connectivity index (χ4v) is 1.10. The molecule has 0 aromatic heterocycles. The van der Waals surface area contributed by atoms with Gasteiger partial charge in [-0.3, -0.25) is 0 Å². The number of carboxylic acid groups (broad SMARTS) is 1. The molecule has 0 amide bonds. The standard InChI is InChI=1S/C8H16N2.C3H6O3.Mg.2H/c1-3-4-5-10-7-6-9(2)8-10;1-2(4)3(5)6;;;/h6-7H,3-5,8H2,1-2H3;2,4H,1H3,(H,5,6);;;/q;;+2;2*-1. The summed E-state index contributed by atoms with van der Waals surface area (Å²) in [4.78, 5) is 14.0. The van der Waals surface area contributed by atoms with Gasteiger partial charge in [0.15, 0.2) is 0 Å². The summed E-state index contributed by atoms with van der Waals surface area (Å²) in [5.41, 5.74) is 0. The number of carbonyl (C=O) groups is 1. The minimum atomic E-state index is -1.23. The minimum Gasteiger partial charge on any atom is -1.00 e. The van der Waals surface area contributed by atoms with Gasteiger partial charge in [-0.1, -0.05) is 13.3 Å². The predicted octanol–water partition coefficient (Wildman–Crippen LogP) is 0.759. The Morgan fingerprint density at radius 1 is 1.53 bits per heavy atom. The van der Waals surface area contributed by atoms with Crippen molar-refractivity contribution in [1.82, 2.24) is 9.80 Å². The largest absolute Gasteiger partial charge is 2.00 e. The van der Waals surface area contributed by atoms with Gasteiger partial charge in [-0.2, -0.15) is 0 Å². The van der Waals surface area contributed by atoms with Crippen molar-refractivity contribution in [2.75, 3.05) is 20.3 Å². The van der Waals surface area contributed by atoms with Crippen molar-refractivity contribution in [2.24, 2.45) is 0 Å². The second-order valence-corrected chi connectivity index (χ2v) is 3.88. The zero-order valence-corrected chi connectivity index (χ0v) is 12.4. The van der Waals surface area contributed by atoms with Gasteiger partial charge in [0.05, 0.1) is 6.67 Å². The number of hydrogen-bond acceptors (Lipinski definition) is 4. The van der Waals surface area contributed by atoms with Gasteiger partial charge in [-0.05, 0) is 13.3 Å². The molecule has 0 saturated carbocycles. The predicted molar refractivity (Wildman–Crippen MR) is 70.7 cm³/mol. The molecule has 0 radical (unpaired) electrons. The molecule has 1 rings (SSSR count). The number of hydrogen-bond donors (Lipinski definition) is 2. The van der Waals surface area contributed by atoms with Crippen molar-refractivity contribution in [3.63, 3.8) is 0 Å². The third-order valence-electron chi connectivity index (χ3n) is 2.09. The van der Waals surface area contributed by atoms with Crippen LogP contribution in [0.4, 0.5) is 0 Å². The number of nitrogens with zero attached hydrogens (tertiary/aromatic N) is 2. The van der Waals surface area contributed by atoms with E-state index in [4.69, 9.17) is 10.2 Å². The van der Waals surface area contributed by atoms with Crippen LogP contribution >= 0.6 is 0 Å². The van der Waals surface area contributed by atoms with E-state index in [1.165, 1.54) is 26.3 Å². The molecule has 1 unspecified atom stereocenters. The van der Waals surface area contributed by atoms with E-state index in [0.29, 0.717) is 0 Å². The summed E-state index contributed by atoms with van der Waals surface area (Å²) in [6, 6.07) is 0. The monoisotopic (exact) mass is 256 g/mol. The molecule has 6 heteroatoms. The van der Waals surface area contributed by atoms with Crippen molar-refractivity contribution >= 4 is 29.0 Å². The second-order valence-electron chi connectivity index (χ2n) is 3.88. The molecule has 17 heavy (non-hydrogen) atoms. The van der Waals surface area contributed by atoms with E-state index in [9.17, 15) is 4.79 Å². The number of carboxylic acids is 1. The molecule has 0 saturated heterocycles. The van der Waals surface area contributed by atoms with Gasteiger partial charge < -0.3 is 22.9 Å². The first-order chi connectivity index (χ1) is 7.47. The van der Waals surface area contributed by atoms with Crippen molar-refractivity contribution in [3.05, 3.63) is 12.4 Å². The van der Waals surface area contributed by atoms with Crippen LogP contribution in [0.5, 0.6) is 0 Å². The van der Waals surface area contributed by atoms with Crippen molar-refractivity contribution < 1.29 is 17.9 Å². The molecule has 5 nitrogen and oxygen atoms in total. The molecule has 0 spiro atoms. The van der Waals surface area contributed by atoms with Crippen LogP contribution in [-0.4, -0.2) is 75.4 Å². The smallest absolute Gasteiger partial charge is 1.00 e. The van der Waals surface area contributed by atoms with Crippen LogP contribution in [0.15, 0.2) is 12.4 Å². The Kier molecular flexibility index (Phi) is 11.9. The van der Waals surface area contributed by atoms with Gasteiger partial charge in [0.1, 0.15) is 6.10 Å². The molecule has 1 heterocycles. The number of unbranched alkanes of at least 4 members (excludes halogenated alkanes) is 1. The fraction of sp³-hybridized carbons (Fsp3) is 0.727. The summed E-state index contributed by atoms with van der Waals surface area (Å²) >= 11 is 0. The van der Waals surface area contributed by atoms with Gasteiger partial charge in [0.25, 0.3) is 0 Å². The van der Waals surface area contributed by atoms with E-state index < -0.39 is 12.1 Å². The van der Waals surface area contributed by atoms with E-state index in [-0.39, 0.29) is 25.9 Å². The van der Waals surface area contributed by atoms with E-state index in [0.717, 1.165) is 6.67 Å². The van der Waals surface area contributed by atoms with E-state index in [2.05, 4.69) is 36.2 Å². The van der Waals surface area contributed by atoms with Gasteiger partial charge >= 0.3 is 29.0 Å². The fourth-order valence-electron chi connectivity index (χ4n) is 1.10. The van der Waals surface area contributed by atoms with Crippen LogP contribution in [0.25, 0.3) is 0 Å². The molecule has 0 bridgehead atoms. The molecule has 0 aromatic carbocycles. The topological polar surface area (TPSA) is 64.0 Å². The Balaban J connectivity index is -0.000000112. The molecule has 1 aliphatic rings. The van der Waals surface area contributed by atoms with Gasteiger partial charge in [0, 0.05) is 26.0 Å². The van der Waals surface area contributed by atoms with Crippen LogP contribution in [0.1, 0.15) is 29.5 Å². The molecule has 1 aliphatic heterocycles. The van der Waals surface area contributed by atoms with Crippen LogP contribution in [0.2, 0.25) is 0 Å². The Labute approximate surface area is 122 Å². The molecule has 2 N–H and O–H groups in total. The summed E-state index contributed by atoms with van der Waals surface area (Å²) in [6.07, 6.45) is 5.64. The second kappa shape index (κ2) is 10.7.